The first-order valence-electron chi connectivity index (χ1n) is 7.75. The number of rotatable bonds is 4. The molecule has 0 aromatic heterocycles. The van der Waals surface area contributed by atoms with Crippen molar-refractivity contribution >= 4 is 24.4 Å². The molecule has 136 valence electrons. The predicted molar refractivity (Wildman–Crippen MR) is 88.6 cm³/mol. The quantitative estimate of drug-likeness (QED) is 0.612. The molecule has 1 heterocycles. The third kappa shape index (κ3) is 4.44. The van der Waals surface area contributed by atoms with E-state index in [4.69, 9.17) is 9.31 Å². The maximum absolute atomic E-state index is 12.7. The molecular formula is C17H20BF3O4. The molecular weight excluding hydrogens is 336 g/mol. The summed E-state index contributed by atoms with van der Waals surface area (Å²) in [5.74, 6) is -0.723. The van der Waals surface area contributed by atoms with Crippen LogP contribution < -0.4 is 10.2 Å². The molecule has 0 amide bonds. The topological polar surface area (TPSA) is 44.8 Å². The SMILES string of the molecule is CC(=O)/C=C/c1c(OC(F)(F)F)cccc1B1OC(C)(C)C(C)(C)O1. The van der Waals surface area contributed by atoms with Crippen molar-refractivity contribution < 1.29 is 32.0 Å². The van der Waals surface area contributed by atoms with Crippen LogP contribution in [0.3, 0.4) is 0 Å². The van der Waals surface area contributed by atoms with Gasteiger partial charge in [-0.3, -0.25) is 4.79 Å². The molecule has 8 heteroatoms. The van der Waals surface area contributed by atoms with Crippen LogP contribution in [-0.4, -0.2) is 30.5 Å². The average Bonchev–Trinajstić information content (AvgIpc) is 2.63. The lowest BCUT2D eigenvalue weighted by Gasteiger charge is -2.32. The molecule has 4 nitrogen and oxygen atoms in total. The van der Waals surface area contributed by atoms with Gasteiger partial charge in [-0.15, -0.1) is 13.2 Å². The van der Waals surface area contributed by atoms with Gasteiger partial charge < -0.3 is 14.0 Å². The van der Waals surface area contributed by atoms with Gasteiger partial charge in [0.2, 0.25) is 0 Å². The standard InChI is InChI=1S/C17H20BF3O4/c1-11(22)9-10-12-13(7-6-8-14(12)23-17(19,20)21)18-24-15(2,3)16(4,5)25-18/h6-10H,1-5H3/b10-9+. The number of carbonyl (C=O) groups excluding carboxylic acids is 1. The van der Waals surface area contributed by atoms with Crippen LogP contribution in [0, 0.1) is 0 Å². The van der Waals surface area contributed by atoms with Crippen LogP contribution in [0.15, 0.2) is 24.3 Å². The van der Waals surface area contributed by atoms with Crippen LogP contribution in [0.2, 0.25) is 0 Å². The molecule has 1 aliphatic heterocycles. The Balaban J connectivity index is 2.51. The van der Waals surface area contributed by atoms with Crippen LogP contribution in [0.25, 0.3) is 6.08 Å². The first-order valence-corrected chi connectivity index (χ1v) is 7.75. The van der Waals surface area contributed by atoms with E-state index in [9.17, 15) is 18.0 Å². The van der Waals surface area contributed by atoms with Crippen molar-refractivity contribution in [3.63, 3.8) is 0 Å². The average molecular weight is 356 g/mol. The third-order valence-corrected chi connectivity index (χ3v) is 4.32. The van der Waals surface area contributed by atoms with Crippen molar-refractivity contribution in [2.45, 2.75) is 52.2 Å². The molecule has 2 rings (SSSR count). The van der Waals surface area contributed by atoms with Gasteiger partial charge in [-0.2, -0.15) is 0 Å². The molecule has 0 spiro atoms. The smallest absolute Gasteiger partial charge is 0.405 e. The molecule has 1 aromatic rings. The van der Waals surface area contributed by atoms with E-state index in [2.05, 4.69) is 4.74 Å². The number of halogens is 3. The lowest BCUT2D eigenvalue weighted by atomic mass is 9.75. The van der Waals surface area contributed by atoms with Crippen LogP contribution in [-0.2, 0) is 14.1 Å². The van der Waals surface area contributed by atoms with Gasteiger partial charge in [0.05, 0.1) is 11.2 Å². The molecule has 0 N–H and O–H groups in total. The summed E-state index contributed by atoms with van der Waals surface area (Å²) in [5.41, 5.74) is -0.855. The summed E-state index contributed by atoms with van der Waals surface area (Å²) >= 11 is 0. The Morgan fingerprint density at radius 1 is 1.16 bits per heavy atom. The molecule has 1 saturated heterocycles. The zero-order valence-corrected chi connectivity index (χ0v) is 14.7. The highest BCUT2D eigenvalue weighted by Gasteiger charge is 2.52. The van der Waals surface area contributed by atoms with Gasteiger partial charge >= 0.3 is 13.5 Å². The molecule has 25 heavy (non-hydrogen) atoms. The van der Waals surface area contributed by atoms with Gasteiger partial charge in [0.25, 0.3) is 0 Å². The Morgan fingerprint density at radius 3 is 2.20 bits per heavy atom. The molecule has 0 aliphatic carbocycles. The number of alkyl halides is 3. The molecule has 1 fully saturated rings. The number of ether oxygens (including phenoxy) is 1. The van der Waals surface area contributed by atoms with E-state index >= 15 is 0 Å². The van der Waals surface area contributed by atoms with E-state index in [1.54, 1.807) is 6.07 Å². The zero-order chi connectivity index (χ0) is 19.0. The molecule has 0 unspecified atom stereocenters. The lowest BCUT2D eigenvalue weighted by Crippen LogP contribution is -2.41. The van der Waals surface area contributed by atoms with Crippen molar-refractivity contribution in [3.8, 4) is 5.75 Å². The maximum Gasteiger partial charge on any atom is 0.573 e. The summed E-state index contributed by atoms with van der Waals surface area (Å²) in [7, 11) is -0.881. The van der Waals surface area contributed by atoms with E-state index in [1.165, 1.54) is 31.2 Å². The number of ketones is 1. The van der Waals surface area contributed by atoms with Gasteiger partial charge in [-0.1, -0.05) is 12.1 Å². The molecule has 0 atom stereocenters. The fourth-order valence-electron chi connectivity index (χ4n) is 2.33. The Bertz CT molecular complexity index is 680. The Morgan fingerprint density at radius 2 is 1.72 bits per heavy atom. The number of benzene rings is 1. The van der Waals surface area contributed by atoms with Crippen molar-refractivity contribution in [2.75, 3.05) is 0 Å². The zero-order valence-electron chi connectivity index (χ0n) is 14.7. The molecule has 0 bridgehead atoms. The third-order valence-electron chi connectivity index (χ3n) is 4.32. The molecule has 1 aliphatic rings. The highest BCUT2D eigenvalue weighted by atomic mass is 19.4. The van der Waals surface area contributed by atoms with Gasteiger partial charge in [0, 0.05) is 5.56 Å². The summed E-state index contributed by atoms with van der Waals surface area (Å²) < 4.78 is 54.0. The largest absolute Gasteiger partial charge is 0.573 e. The van der Waals surface area contributed by atoms with Gasteiger partial charge in [-0.05, 0) is 58.3 Å². The second-order valence-electron chi connectivity index (χ2n) is 6.84. The molecule has 0 saturated carbocycles. The monoisotopic (exact) mass is 356 g/mol. The first kappa shape index (κ1) is 19.5. The number of allylic oxidation sites excluding steroid dienone is 1. The Hall–Kier alpha value is -1.80. The first-order chi connectivity index (χ1) is 11.3. The minimum Gasteiger partial charge on any atom is -0.405 e. The summed E-state index contributed by atoms with van der Waals surface area (Å²) in [5, 5.41) is 0. The summed E-state index contributed by atoms with van der Waals surface area (Å²) in [6, 6.07) is 4.19. The summed E-state index contributed by atoms with van der Waals surface area (Å²) in [4.78, 5) is 11.2. The minimum atomic E-state index is -4.85. The maximum atomic E-state index is 12.7. The van der Waals surface area contributed by atoms with Crippen molar-refractivity contribution in [1.29, 1.82) is 0 Å². The fourth-order valence-corrected chi connectivity index (χ4v) is 2.33. The fraction of sp³-hybridized carbons (Fsp3) is 0.471. The van der Waals surface area contributed by atoms with Crippen molar-refractivity contribution in [3.05, 3.63) is 29.8 Å². The van der Waals surface area contributed by atoms with Gasteiger partial charge in [-0.25, -0.2) is 0 Å². The highest BCUT2D eigenvalue weighted by Crippen LogP contribution is 2.37. The van der Waals surface area contributed by atoms with Gasteiger partial charge in [0.15, 0.2) is 5.78 Å². The number of carbonyl (C=O) groups is 1. The molecule has 1 aromatic carbocycles. The Kier molecular flexibility index (Phi) is 5.07. The second-order valence-corrected chi connectivity index (χ2v) is 6.84. The molecule has 0 radical (unpaired) electrons. The minimum absolute atomic E-state index is 0.0912. The van der Waals surface area contributed by atoms with Crippen LogP contribution in [0.5, 0.6) is 5.75 Å². The van der Waals surface area contributed by atoms with Crippen molar-refractivity contribution in [2.24, 2.45) is 0 Å². The van der Waals surface area contributed by atoms with Crippen LogP contribution >= 0.6 is 0 Å². The number of hydrogen-bond donors (Lipinski definition) is 0. The highest BCUT2D eigenvalue weighted by molar-refractivity contribution is 6.63. The van der Waals surface area contributed by atoms with Crippen LogP contribution in [0.1, 0.15) is 40.2 Å². The second kappa shape index (κ2) is 6.50. The lowest BCUT2D eigenvalue weighted by molar-refractivity contribution is -0.274. The number of hydrogen-bond acceptors (Lipinski definition) is 4. The summed E-state index contributed by atoms with van der Waals surface area (Å²) in [6.45, 7) is 8.67. The van der Waals surface area contributed by atoms with E-state index in [1.807, 2.05) is 27.7 Å². The van der Waals surface area contributed by atoms with E-state index < -0.39 is 30.4 Å². The van der Waals surface area contributed by atoms with Crippen molar-refractivity contribution in [1.82, 2.24) is 0 Å². The van der Waals surface area contributed by atoms with E-state index in [-0.39, 0.29) is 11.3 Å². The van der Waals surface area contributed by atoms with E-state index in [0.717, 1.165) is 0 Å². The van der Waals surface area contributed by atoms with Crippen LogP contribution in [0.4, 0.5) is 13.2 Å². The van der Waals surface area contributed by atoms with E-state index in [0.29, 0.717) is 5.46 Å². The normalized spacial score (nSPS) is 19.4. The predicted octanol–water partition coefficient (Wildman–Crippen LogP) is 3.49. The summed E-state index contributed by atoms with van der Waals surface area (Å²) in [6.07, 6.45) is -2.40. The van der Waals surface area contributed by atoms with Gasteiger partial charge in [0.1, 0.15) is 5.75 Å². The Labute approximate surface area is 145 Å².